The summed E-state index contributed by atoms with van der Waals surface area (Å²) in [4.78, 5) is 0. The van der Waals surface area contributed by atoms with Crippen LogP contribution in [0.3, 0.4) is 0 Å². The van der Waals surface area contributed by atoms with Crippen molar-refractivity contribution >= 4 is 0 Å². The molecule has 0 spiro atoms. The average Bonchev–Trinajstić information content (AvgIpc) is 3.09. The molecular weight excluding hydrogens is 222 g/mol. The Kier molecular flexibility index (Phi) is 4.71. The quantitative estimate of drug-likeness (QED) is 0.761. The lowest BCUT2D eigenvalue weighted by Crippen LogP contribution is -2.45. The normalized spacial score (nSPS) is 32.5. The fraction of sp³-hybridized carbons (Fsp3) is 1.00. The summed E-state index contributed by atoms with van der Waals surface area (Å²) in [5, 5.41) is 14.0. The third-order valence-corrected chi connectivity index (χ3v) is 4.62. The lowest BCUT2D eigenvalue weighted by atomic mass is 9.82. The number of hydrogen-bond acceptors (Lipinski definition) is 2. The van der Waals surface area contributed by atoms with Crippen LogP contribution in [0.15, 0.2) is 0 Å². The molecule has 106 valence electrons. The first kappa shape index (κ1) is 14.3. The molecule has 0 bridgehead atoms. The van der Waals surface area contributed by atoms with Crippen molar-refractivity contribution in [2.24, 2.45) is 17.8 Å². The van der Waals surface area contributed by atoms with Crippen molar-refractivity contribution in [1.29, 1.82) is 0 Å². The van der Waals surface area contributed by atoms with Crippen LogP contribution in [-0.4, -0.2) is 23.3 Å². The fourth-order valence-electron chi connectivity index (χ4n) is 3.72. The lowest BCUT2D eigenvalue weighted by molar-refractivity contribution is 0.0334. The number of aliphatic hydroxyl groups is 1. The van der Waals surface area contributed by atoms with Gasteiger partial charge in [0.2, 0.25) is 0 Å². The van der Waals surface area contributed by atoms with E-state index in [2.05, 4.69) is 19.2 Å². The molecule has 0 amide bonds. The van der Waals surface area contributed by atoms with E-state index in [-0.39, 0.29) is 0 Å². The Labute approximate surface area is 113 Å². The van der Waals surface area contributed by atoms with Gasteiger partial charge < -0.3 is 10.4 Å². The minimum Gasteiger partial charge on any atom is -0.389 e. The van der Waals surface area contributed by atoms with E-state index in [1.54, 1.807) is 0 Å². The van der Waals surface area contributed by atoms with Crippen LogP contribution in [-0.2, 0) is 0 Å². The van der Waals surface area contributed by atoms with Crippen LogP contribution in [0.2, 0.25) is 0 Å². The molecule has 3 atom stereocenters. The summed E-state index contributed by atoms with van der Waals surface area (Å²) >= 11 is 0. The maximum absolute atomic E-state index is 10.3. The summed E-state index contributed by atoms with van der Waals surface area (Å²) in [6, 6.07) is 0.656. The molecule has 2 aliphatic carbocycles. The highest BCUT2D eigenvalue weighted by atomic mass is 16.3. The van der Waals surface area contributed by atoms with E-state index in [1.807, 2.05) is 6.92 Å². The third-order valence-electron chi connectivity index (χ3n) is 4.62. The predicted octanol–water partition coefficient (Wildman–Crippen LogP) is 3.34. The minimum atomic E-state index is -0.541. The van der Waals surface area contributed by atoms with Gasteiger partial charge in [0.1, 0.15) is 0 Å². The third kappa shape index (κ3) is 4.55. The summed E-state index contributed by atoms with van der Waals surface area (Å²) < 4.78 is 0. The smallest absolute Gasteiger partial charge is 0.0746 e. The minimum absolute atomic E-state index is 0.541. The van der Waals surface area contributed by atoms with E-state index in [4.69, 9.17) is 0 Å². The molecule has 18 heavy (non-hydrogen) atoms. The molecular formula is C16H31NO. The van der Waals surface area contributed by atoms with Crippen LogP contribution in [0.25, 0.3) is 0 Å². The van der Waals surface area contributed by atoms with E-state index in [9.17, 15) is 5.11 Å². The second-order valence-corrected chi connectivity index (χ2v) is 7.44. The van der Waals surface area contributed by atoms with Crippen LogP contribution in [0.4, 0.5) is 0 Å². The predicted molar refractivity (Wildman–Crippen MR) is 76.6 cm³/mol. The average molecular weight is 253 g/mol. The SMILES string of the molecule is CC(C)CC(C)(O)CNC1CCCC(C2CC2)C1. The summed E-state index contributed by atoms with van der Waals surface area (Å²) in [6.07, 6.45) is 9.32. The standard InChI is InChI=1S/C16H31NO/c1-12(2)10-16(3,18)11-17-15-6-4-5-14(9-15)13-7-8-13/h12-15,17-18H,4-11H2,1-3H3. The van der Waals surface area contributed by atoms with Gasteiger partial charge in [0.25, 0.3) is 0 Å². The van der Waals surface area contributed by atoms with Crippen molar-refractivity contribution in [3.8, 4) is 0 Å². The molecule has 0 aromatic rings. The first-order valence-corrected chi connectivity index (χ1v) is 7.92. The molecule has 0 aromatic heterocycles. The number of hydrogen-bond donors (Lipinski definition) is 2. The van der Waals surface area contributed by atoms with Crippen molar-refractivity contribution in [2.75, 3.05) is 6.54 Å². The van der Waals surface area contributed by atoms with Crippen LogP contribution in [0.5, 0.6) is 0 Å². The van der Waals surface area contributed by atoms with Gasteiger partial charge in [-0.25, -0.2) is 0 Å². The Hall–Kier alpha value is -0.0800. The molecule has 2 fully saturated rings. The topological polar surface area (TPSA) is 32.3 Å². The van der Waals surface area contributed by atoms with Crippen molar-refractivity contribution in [3.63, 3.8) is 0 Å². The maximum atomic E-state index is 10.3. The Bertz CT molecular complexity index is 258. The molecule has 3 unspecified atom stereocenters. The highest BCUT2D eigenvalue weighted by molar-refractivity contribution is 4.89. The second-order valence-electron chi connectivity index (χ2n) is 7.44. The van der Waals surface area contributed by atoms with Crippen LogP contribution in [0, 0.1) is 17.8 Å². The Morgan fingerprint density at radius 3 is 2.50 bits per heavy atom. The highest BCUT2D eigenvalue weighted by Gasteiger charge is 2.35. The molecule has 0 aromatic carbocycles. The molecule has 0 heterocycles. The van der Waals surface area contributed by atoms with Crippen molar-refractivity contribution in [2.45, 2.75) is 77.4 Å². The lowest BCUT2D eigenvalue weighted by Gasteiger charge is -2.33. The van der Waals surface area contributed by atoms with Crippen LogP contribution >= 0.6 is 0 Å². The molecule has 2 heteroatoms. The van der Waals surface area contributed by atoms with Crippen molar-refractivity contribution in [1.82, 2.24) is 5.32 Å². The Morgan fingerprint density at radius 1 is 1.17 bits per heavy atom. The molecule has 2 saturated carbocycles. The fourth-order valence-corrected chi connectivity index (χ4v) is 3.72. The van der Waals surface area contributed by atoms with Crippen LogP contribution in [0.1, 0.15) is 65.7 Å². The molecule has 2 nitrogen and oxygen atoms in total. The van der Waals surface area contributed by atoms with Gasteiger partial charge in [0.15, 0.2) is 0 Å². The van der Waals surface area contributed by atoms with Gasteiger partial charge in [-0.05, 0) is 56.8 Å². The van der Waals surface area contributed by atoms with Gasteiger partial charge in [-0.1, -0.05) is 26.7 Å². The first-order valence-electron chi connectivity index (χ1n) is 7.92. The molecule has 2 N–H and O–H groups in total. The zero-order valence-electron chi connectivity index (χ0n) is 12.4. The molecule has 0 saturated heterocycles. The second kappa shape index (κ2) is 5.92. The summed E-state index contributed by atoms with van der Waals surface area (Å²) in [7, 11) is 0. The van der Waals surface area contributed by atoms with Crippen molar-refractivity contribution in [3.05, 3.63) is 0 Å². The van der Waals surface area contributed by atoms with Crippen molar-refractivity contribution < 1.29 is 5.11 Å². The van der Waals surface area contributed by atoms with Gasteiger partial charge in [0.05, 0.1) is 5.60 Å². The summed E-state index contributed by atoms with van der Waals surface area (Å²) in [5.41, 5.74) is -0.541. The van der Waals surface area contributed by atoms with Gasteiger partial charge in [-0.2, -0.15) is 0 Å². The molecule has 2 aliphatic rings. The van der Waals surface area contributed by atoms with E-state index in [0.717, 1.165) is 24.8 Å². The Morgan fingerprint density at radius 2 is 1.89 bits per heavy atom. The molecule has 2 rings (SSSR count). The van der Waals surface area contributed by atoms with Crippen LogP contribution < -0.4 is 5.32 Å². The highest BCUT2D eigenvalue weighted by Crippen LogP contribution is 2.43. The van der Waals surface area contributed by atoms with E-state index < -0.39 is 5.60 Å². The van der Waals surface area contributed by atoms with E-state index in [0.29, 0.717) is 12.0 Å². The van der Waals surface area contributed by atoms with Gasteiger partial charge in [-0.15, -0.1) is 0 Å². The van der Waals surface area contributed by atoms with Gasteiger partial charge in [-0.3, -0.25) is 0 Å². The zero-order valence-corrected chi connectivity index (χ0v) is 12.4. The number of rotatable bonds is 6. The van der Waals surface area contributed by atoms with Gasteiger partial charge in [0, 0.05) is 12.6 Å². The van der Waals surface area contributed by atoms with Gasteiger partial charge >= 0.3 is 0 Å². The number of nitrogens with one attached hydrogen (secondary N) is 1. The zero-order chi connectivity index (χ0) is 13.2. The van der Waals surface area contributed by atoms with E-state index >= 15 is 0 Å². The first-order chi connectivity index (χ1) is 8.46. The monoisotopic (exact) mass is 253 g/mol. The summed E-state index contributed by atoms with van der Waals surface area (Å²) in [5.74, 6) is 2.59. The Balaban J connectivity index is 1.71. The maximum Gasteiger partial charge on any atom is 0.0746 e. The van der Waals surface area contributed by atoms with E-state index in [1.165, 1.54) is 38.5 Å². The molecule has 0 aliphatic heterocycles. The molecule has 0 radical (unpaired) electrons. The summed E-state index contributed by atoms with van der Waals surface area (Å²) in [6.45, 7) is 7.09. The largest absolute Gasteiger partial charge is 0.389 e.